The van der Waals surface area contributed by atoms with Crippen LogP contribution in [0.2, 0.25) is 0 Å². The molecule has 0 aliphatic carbocycles. The number of aryl methyl sites for hydroxylation is 1. The molecule has 0 aliphatic heterocycles. The highest BCUT2D eigenvalue weighted by molar-refractivity contribution is 5.78. The quantitative estimate of drug-likeness (QED) is 0.551. The predicted molar refractivity (Wildman–Crippen MR) is 97.2 cm³/mol. The molecule has 25 heavy (non-hydrogen) atoms. The monoisotopic (exact) mass is 341 g/mol. The Bertz CT molecular complexity index is 748. The van der Waals surface area contributed by atoms with Crippen molar-refractivity contribution in [1.29, 1.82) is 0 Å². The normalized spacial score (nSPS) is 10.3. The van der Waals surface area contributed by atoms with Gasteiger partial charge in [-0.2, -0.15) is 0 Å². The van der Waals surface area contributed by atoms with E-state index in [2.05, 4.69) is 18.5 Å². The fourth-order valence-electron chi connectivity index (χ4n) is 2.40. The van der Waals surface area contributed by atoms with Gasteiger partial charge in [0.1, 0.15) is 11.6 Å². The Hall–Kier alpha value is -2.75. The summed E-state index contributed by atoms with van der Waals surface area (Å²) in [5.41, 5.74) is 2.89. The third kappa shape index (κ3) is 5.99. The SMILES string of the molecule is C=C(F)C(=C)c1ccc(CCCNC(=O)Cc2ccc(F)cc2)cc1. The summed E-state index contributed by atoms with van der Waals surface area (Å²) in [6, 6.07) is 13.4. The third-order valence-corrected chi connectivity index (χ3v) is 3.87. The van der Waals surface area contributed by atoms with Crippen molar-refractivity contribution in [2.24, 2.45) is 0 Å². The first-order valence-electron chi connectivity index (χ1n) is 8.10. The van der Waals surface area contributed by atoms with Gasteiger partial charge in [0.05, 0.1) is 6.42 Å². The summed E-state index contributed by atoms with van der Waals surface area (Å²) in [6.07, 6.45) is 1.84. The molecule has 4 heteroatoms. The molecule has 0 aliphatic rings. The Morgan fingerprint density at radius 1 is 0.960 bits per heavy atom. The lowest BCUT2D eigenvalue weighted by Crippen LogP contribution is -2.26. The molecule has 0 spiro atoms. The number of hydrogen-bond donors (Lipinski definition) is 1. The second-order valence-electron chi connectivity index (χ2n) is 5.84. The van der Waals surface area contributed by atoms with Crippen molar-refractivity contribution >= 4 is 11.5 Å². The van der Waals surface area contributed by atoms with E-state index < -0.39 is 5.83 Å². The maximum absolute atomic E-state index is 13.0. The molecule has 0 fully saturated rings. The van der Waals surface area contributed by atoms with Gasteiger partial charge < -0.3 is 5.32 Å². The van der Waals surface area contributed by atoms with Crippen LogP contribution in [0.15, 0.2) is 67.5 Å². The Labute approximate surface area is 146 Å². The second kappa shape index (κ2) is 8.92. The summed E-state index contributed by atoms with van der Waals surface area (Å²) >= 11 is 0. The van der Waals surface area contributed by atoms with Crippen LogP contribution in [0, 0.1) is 5.82 Å². The molecule has 2 nitrogen and oxygen atoms in total. The Kier molecular flexibility index (Phi) is 6.63. The van der Waals surface area contributed by atoms with Gasteiger partial charge in [-0.1, -0.05) is 49.6 Å². The minimum absolute atomic E-state index is 0.0836. The van der Waals surface area contributed by atoms with Gasteiger partial charge in [0, 0.05) is 12.1 Å². The first-order chi connectivity index (χ1) is 12.0. The molecular formula is C21H21F2NO. The lowest BCUT2D eigenvalue weighted by atomic mass is 10.0. The molecule has 1 N–H and O–H groups in total. The molecule has 2 rings (SSSR count). The Morgan fingerprint density at radius 2 is 1.56 bits per heavy atom. The van der Waals surface area contributed by atoms with Crippen LogP contribution in [-0.2, 0) is 17.6 Å². The van der Waals surface area contributed by atoms with Crippen molar-refractivity contribution in [1.82, 2.24) is 5.32 Å². The largest absolute Gasteiger partial charge is 0.356 e. The van der Waals surface area contributed by atoms with Crippen molar-refractivity contribution in [3.8, 4) is 0 Å². The maximum atomic E-state index is 13.0. The van der Waals surface area contributed by atoms with Crippen molar-refractivity contribution < 1.29 is 13.6 Å². The minimum atomic E-state index is -0.531. The lowest BCUT2D eigenvalue weighted by Gasteiger charge is -2.07. The standard InChI is InChI=1S/C21H21F2NO/c1-15(16(2)22)19-9-5-17(6-10-19)4-3-13-24-21(25)14-18-7-11-20(23)12-8-18/h5-12H,1-4,13-14H2,(H,24,25). The zero-order valence-electron chi connectivity index (χ0n) is 14.0. The summed E-state index contributed by atoms with van der Waals surface area (Å²) in [5, 5.41) is 2.85. The molecule has 1 amide bonds. The van der Waals surface area contributed by atoms with Gasteiger partial charge in [0.2, 0.25) is 5.91 Å². The first-order valence-corrected chi connectivity index (χ1v) is 8.10. The molecule has 0 saturated heterocycles. The highest BCUT2D eigenvalue weighted by Crippen LogP contribution is 2.21. The smallest absolute Gasteiger partial charge is 0.224 e. The van der Waals surface area contributed by atoms with E-state index in [-0.39, 0.29) is 18.1 Å². The molecule has 2 aromatic carbocycles. The fraction of sp³-hybridized carbons (Fsp3) is 0.190. The summed E-state index contributed by atoms with van der Waals surface area (Å²) in [4.78, 5) is 11.8. The molecule has 130 valence electrons. The van der Waals surface area contributed by atoms with Crippen molar-refractivity contribution in [3.05, 3.63) is 90.0 Å². The van der Waals surface area contributed by atoms with Gasteiger partial charge in [0.15, 0.2) is 0 Å². The molecule has 0 unspecified atom stereocenters. The van der Waals surface area contributed by atoms with E-state index in [0.29, 0.717) is 17.7 Å². The second-order valence-corrected chi connectivity index (χ2v) is 5.84. The zero-order chi connectivity index (χ0) is 18.2. The number of nitrogens with one attached hydrogen (secondary N) is 1. The van der Waals surface area contributed by atoms with E-state index in [1.165, 1.54) is 12.1 Å². The highest BCUT2D eigenvalue weighted by Gasteiger charge is 2.04. The number of allylic oxidation sites excluding steroid dienone is 2. The first kappa shape index (κ1) is 18.6. The van der Waals surface area contributed by atoms with E-state index in [1.54, 1.807) is 12.1 Å². The van der Waals surface area contributed by atoms with Crippen LogP contribution < -0.4 is 5.32 Å². The number of halogens is 2. The topological polar surface area (TPSA) is 29.1 Å². The number of amides is 1. The van der Waals surface area contributed by atoms with Gasteiger partial charge in [-0.05, 0) is 41.7 Å². The summed E-state index contributed by atoms with van der Waals surface area (Å²) in [6.45, 7) is 7.45. The average Bonchev–Trinajstić information content (AvgIpc) is 2.60. The molecule has 0 atom stereocenters. The zero-order valence-corrected chi connectivity index (χ0v) is 14.0. The van der Waals surface area contributed by atoms with Crippen LogP contribution in [0.5, 0.6) is 0 Å². The van der Waals surface area contributed by atoms with Crippen molar-refractivity contribution in [2.45, 2.75) is 19.3 Å². The van der Waals surface area contributed by atoms with Crippen LogP contribution in [-0.4, -0.2) is 12.5 Å². The van der Waals surface area contributed by atoms with Crippen LogP contribution in [0.3, 0.4) is 0 Å². The van der Waals surface area contributed by atoms with Crippen LogP contribution in [0.25, 0.3) is 5.57 Å². The highest BCUT2D eigenvalue weighted by atomic mass is 19.1. The van der Waals surface area contributed by atoms with Gasteiger partial charge in [-0.3, -0.25) is 4.79 Å². The molecular weight excluding hydrogens is 320 g/mol. The van der Waals surface area contributed by atoms with E-state index in [9.17, 15) is 13.6 Å². The molecule has 0 bridgehead atoms. The molecule has 0 aromatic heterocycles. The number of benzene rings is 2. The maximum Gasteiger partial charge on any atom is 0.224 e. The third-order valence-electron chi connectivity index (χ3n) is 3.87. The number of rotatable bonds is 8. The van der Waals surface area contributed by atoms with Crippen LogP contribution in [0.1, 0.15) is 23.1 Å². The van der Waals surface area contributed by atoms with Crippen LogP contribution >= 0.6 is 0 Å². The number of hydrogen-bond acceptors (Lipinski definition) is 1. The Morgan fingerprint density at radius 3 is 2.16 bits per heavy atom. The molecule has 2 aromatic rings. The van der Waals surface area contributed by atoms with E-state index in [4.69, 9.17) is 0 Å². The summed E-state index contributed by atoms with van der Waals surface area (Å²) in [5.74, 6) is -0.925. The van der Waals surface area contributed by atoms with E-state index in [0.717, 1.165) is 24.0 Å². The molecule has 0 heterocycles. The lowest BCUT2D eigenvalue weighted by molar-refractivity contribution is -0.120. The molecule has 0 radical (unpaired) electrons. The average molecular weight is 341 g/mol. The van der Waals surface area contributed by atoms with E-state index in [1.807, 2.05) is 24.3 Å². The van der Waals surface area contributed by atoms with Gasteiger partial charge in [0.25, 0.3) is 0 Å². The molecule has 0 saturated carbocycles. The van der Waals surface area contributed by atoms with Gasteiger partial charge in [-0.25, -0.2) is 8.78 Å². The summed E-state index contributed by atoms with van der Waals surface area (Å²) < 4.78 is 25.8. The summed E-state index contributed by atoms with van der Waals surface area (Å²) in [7, 11) is 0. The van der Waals surface area contributed by atoms with Crippen molar-refractivity contribution in [3.63, 3.8) is 0 Å². The number of carbonyl (C=O) groups excluding carboxylic acids is 1. The fourth-order valence-corrected chi connectivity index (χ4v) is 2.40. The predicted octanol–water partition coefficient (Wildman–Crippen LogP) is 4.61. The Balaban J connectivity index is 1.71. The number of carbonyl (C=O) groups is 1. The van der Waals surface area contributed by atoms with Crippen LogP contribution in [0.4, 0.5) is 8.78 Å². The van der Waals surface area contributed by atoms with Gasteiger partial charge >= 0.3 is 0 Å². The van der Waals surface area contributed by atoms with Gasteiger partial charge in [-0.15, -0.1) is 0 Å². The van der Waals surface area contributed by atoms with Crippen molar-refractivity contribution in [2.75, 3.05) is 6.54 Å². The minimum Gasteiger partial charge on any atom is -0.356 e. The van der Waals surface area contributed by atoms with E-state index >= 15 is 0 Å².